The third-order valence-corrected chi connectivity index (χ3v) is 7.86. The van der Waals surface area contributed by atoms with Crippen molar-refractivity contribution in [2.24, 2.45) is 0 Å². The summed E-state index contributed by atoms with van der Waals surface area (Å²) in [5.74, 6) is 0.190. The number of carbonyl (C=O) groups excluding carboxylic acids is 2. The van der Waals surface area contributed by atoms with E-state index in [-0.39, 0.29) is 24.3 Å². The number of anilines is 1. The number of pyridine rings is 1. The van der Waals surface area contributed by atoms with Crippen LogP contribution in [-0.2, 0) is 16.0 Å². The number of aromatic nitrogens is 1. The molecule has 0 spiro atoms. The van der Waals surface area contributed by atoms with E-state index in [0.29, 0.717) is 11.5 Å². The molecule has 0 aliphatic heterocycles. The van der Waals surface area contributed by atoms with Crippen LogP contribution in [0.5, 0.6) is 0 Å². The van der Waals surface area contributed by atoms with E-state index in [1.165, 1.54) is 12.0 Å². The molecule has 5 nitrogen and oxygen atoms in total. The maximum absolute atomic E-state index is 13.8. The maximum Gasteiger partial charge on any atom is 0.248 e. The fourth-order valence-electron chi connectivity index (χ4n) is 4.77. The molecule has 1 aromatic carbocycles. The lowest BCUT2D eigenvalue weighted by Crippen LogP contribution is -2.47. The van der Waals surface area contributed by atoms with Crippen LogP contribution in [0.3, 0.4) is 0 Å². The summed E-state index contributed by atoms with van der Waals surface area (Å²) in [5.41, 5.74) is 2.67. The minimum Gasteiger partial charge on any atom is -0.351 e. The first-order valence-electron chi connectivity index (χ1n) is 12.7. The number of nitrogens with zero attached hydrogens (tertiary/aromatic N) is 2. The van der Waals surface area contributed by atoms with Gasteiger partial charge in [-0.2, -0.15) is 0 Å². The van der Waals surface area contributed by atoms with Crippen molar-refractivity contribution in [3.8, 4) is 0 Å². The van der Waals surface area contributed by atoms with Crippen molar-refractivity contribution in [3.63, 3.8) is 0 Å². The Morgan fingerprint density at radius 2 is 1.83 bits per heavy atom. The summed E-state index contributed by atoms with van der Waals surface area (Å²) in [5, 5.41) is 5.24. The Morgan fingerprint density at radius 1 is 1.06 bits per heavy atom. The first-order chi connectivity index (χ1) is 17.1. The highest BCUT2D eigenvalue weighted by molar-refractivity contribution is 7.10. The van der Waals surface area contributed by atoms with E-state index >= 15 is 0 Å². The lowest BCUT2D eigenvalue weighted by Gasteiger charge is -2.33. The van der Waals surface area contributed by atoms with Crippen LogP contribution in [0.1, 0.15) is 80.3 Å². The Morgan fingerprint density at radius 3 is 2.46 bits per heavy atom. The molecule has 0 unspecified atom stereocenters. The van der Waals surface area contributed by atoms with Gasteiger partial charge in [0.1, 0.15) is 6.04 Å². The fourth-order valence-corrected chi connectivity index (χ4v) is 5.46. The van der Waals surface area contributed by atoms with Gasteiger partial charge in [-0.3, -0.25) is 19.5 Å². The van der Waals surface area contributed by atoms with Gasteiger partial charge >= 0.3 is 0 Å². The Bertz CT molecular complexity index is 1080. The van der Waals surface area contributed by atoms with Crippen molar-refractivity contribution < 1.29 is 9.59 Å². The number of carbonyl (C=O) groups is 2. The lowest BCUT2D eigenvalue weighted by molar-refractivity contribution is -0.127. The molecule has 2 atom stereocenters. The first kappa shape index (κ1) is 25.1. The molecular formula is C29H35N3O2S. The number of amides is 2. The maximum atomic E-state index is 13.8. The molecule has 2 heterocycles. The summed E-state index contributed by atoms with van der Waals surface area (Å²) in [6.45, 7) is 4.37. The molecule has 6 heteroatoms. The van der Waals surface area contributed by atoms with Crippen LogP contribution in [0.25, 0.3) is 0 Å². The fraction of sp³-hybridized carbons (Fsp3) is 0.414. The molecule has 1 saturated carbocycles. The topological polar surface area (TPSA) is 62.3 Å². The standard InChI is InChI=1S/C29H35N3O2S/c1-3-21(2)22-13-15-25(16-14-22)32(27(33)19-26-12-8-18-35-26)28(23-9-7-17-30-20-23)29(34)31-24-10-5-4-6-11-24/h7-9,12-18,20-21,24,28H,3-6,10-11,19H2,1-2H3,(H,31,34)/t21-,28-/m0/s1. The number of rotatable bonds is 9. The summed E-state index contributed by atoms with van der Waals surface area (Å²) in [6, 6.07) is 15.1. The van der Waals surface area contributed by atoms with E-state index in [0.717, 1.165) is 42.7 Å². The molecule has 1 N–H and O–H groups in total. The van der Waals surface area contributed by atoms with Gasteiger partial charge in [0.15, 0.2) is 0 Å². The van der Waals surface area contributed by atoms with Gasteiger partial charge in [0, 0.05) is 34.6 Å². The van der Waals surface area contributed by atoms with Crippen molar-refractivity contribution in [1.29, 1.82) is 0 Å². The second-order valence-corrected chi connectivity index (χ2v) is 10.5. The molecule has 1 fully saturated rings. The normalized spacial score (nSPS) is 15.8. The first-order valence-corrected chi connectivity index (χ1v) is 13.6. The van der Waals surface area contributed by atoms with Crippen LogP contribution in [0.4, 0.5) is 5.69 Å². The van der Waals surface area contributed by atoms with Crippen LogP contribution in [-0.4, -0.2) is 22.8 Å². The molecule has 35 heavy (non-hydrogen) atoms. The number of nitrogens with one attached hydrogen (secondary N) is 1. The van der Waals surface area contributed by atoms with E-state index < -0.39 is 6.04 Å². The van der Waals surface area contributed by atoms with Gasteiger partial charge in [0.2, 0.25) is 11.8 Å². The van der Waals surface area contributed by atoms with Crippen LogP contribution < -0.4 is 10.2 Å². The van der Waals surface area contributed by atoms with Crippen LogP contribution in [0.2, 0.25) is 0 Å². The molecule has 184 valence electrons. The summed E-state index contributed by atoms with van der Waals surface area (Å²) >= 11 is 1.56. The van der Waals surface area contributed by atoms with Crippen LogP contribution in [0.15, 0.2) is 66.3 Å². The minimum absolute atomic E-state index is 0.101. The average Bonchev–Trinajstić information content (AvgIpc) is 3.41. The Kier molecular flexibility index (Phi) is 8.69. The van der Waals surface area contributed by atoms with E-state index in [1.54, 1.807) is 28.6 Å². The molecule has 2 amide bonds. The largest absolute Gasteiger partial charge is 0.351 e. The Hall–Kier alpha value is -2.99. The molecule has 3 aromatic rings. The summed E-state index contributed by atoms with van der Waals surface area (Å²) < 4.78 is 0. The van der Waals surface area contributed by atoms with Gasteiger partial charge in [-0.1, -0.05) is 57.4 Å². The third kappa shape index (κ3) is 6.37. The molecular weight excluding hydrogens is 454 g/mol. The zero-order valence-electron chi connectivity index (χ0n) is 20.7. The van der Waals surface area contributed by atoms with Gasteiger partial charge in [-0.25, -0.2) is 0 Å². The molecule has 4 rings (SSSR count). The van der Waals surface area contributed by atoms with Gasteiger partial charge in [0.25, 0.3) is 0 Å². The molecule has 0 saturated heterocycles. The lowest BCUT2D eigenvalue weighted by atomic mass is 9.94. The Labute approximate surface area is 212 Å². The summed E-state index contributed by atoms with van der Waals surface area (Å²) in [7, 11) is 0. The van der Waals surface area contributed by atoms with E-state index in [1.807, 2.05) is 41.8 Å². The quantitative estimate of drug-likeness (QED) is 0.377. The smallest absolute Gasteiger partial charge is 0.248 e. The summed E-state index contributed by atoms with van der Waals surface area (Å²) in [4.78, 5) is 34.6. The van der Waals surface area contributed by atoms with E-state index in [9.17, 15) is 9.59 Å². The molecule has 1 aliphatic rings. The SMILES string of the molecule is CC[C@H](C)c1ccc(N(C(=O)Cc2cccs2)[C@H](C(=O)NC2CCCCC2)c2cccnc2)cc1. The van der Waals surface area contributed by atoms with Crippen LogP contribution >= 0.6 is 11.3 Å². The highest BCUT2D eigenvalue weighted by Crippen LogP contribution is 2.31. The third-order valence-electron chi connectivity index (χ3n) is 6.99. The van der Waals surface area contributed by atoms with Crippen molar-refractivity contribution in [2.45, 2.75) is 76.8 Å². The summed E-state index contributed by atoms with van der Waals surface area (Å²) in [6.07, 6.45) is 10.1. The van der Waals surface area contributed by atoms with Crippen molar-refractivity contribution in [1.82, 2.24) is 10.3 Å². The van der Waals surface area contributed by atoms with Crippen LogP contribution in [0, 0.1) is 0 Å². The number of benzene rings is 1. The van der Waals surface area contributed by atoms with E-state index in [4.69, 9.17) is 0 Å². The molecule has 1 aliphatic carbocycles. The number of hydrogen-bond donors (Lipinski definition) is 1. The van der Waals surface area contributed by atoms with E-state index in [2.05, 4.69) is 36.3 Å². The van der Waals surface area contributed by atoms with Crippen molar-refractivity contribution in [3.05, 3.63) is 82.3 Å². The molecule has 0 bridgehead atoms. The number of hydrogen-bond acceptors (Lipinski definition) is 4. The second kappa shape index (κ2) is 12.1. The molecule has 0 radical (unpaired) electrons. The highest BCUT2D eigenvalue weighted by Gasteiger charge is 2.34. The number of thiophene rings is 1. The zero-order valence-corrected chi connectivity index (χ0v) is 21.5. The molecule has 2 aromatic heterocycles. The average molecular weight is 490 g/mol. The van der Waals surface area contributed by atoms with Gasteiger partial charge < -0.3 is 5.32 Å². The van der Waals surface area contributed by atoms with Gasteiger partial charge in [-0.05, 0) is 60.4 Å². The predicted molar refractivity (Wildman–Crippen MR) is 143 cm³/mol. The highest BCUT2D eigenvalue weighted by atomic mass is 32.1. The van der Waals surface area contributed by atoms with Gasteiger partial charge in [-0.15, -0.1) is 11.3 Å². The minimum atomic E-state index is -0.785. The van der Waals surface area contributed by atoms with Gasteiger partial charge in [0.05, 0.1) is 6.42 Å². The van der Waals surface area contributed by atoms with Crippen molar-refractivity contribution >= 4 is 28.8 Å². The second-order valence-electron chi connectivity index (χ2n) is 9.45. The van der Waals surface area contributed by atoms with Crippen molar-refractivity contribution in [2.75, 3.05) is 4.90 Å². The predicted octanol–water partition coefficient (Wildman–Crippen LogP) is 6.42. The zero-order chi connectivity index (χ0) is 24.6. The Balaban J connectivity index is 1.72. The monoisotopic (exact) mass is 489 g/mol.